The van der Waals surface area contributed by atoms with Gasteiger partial charge in [0.05, 0.1) is 0 Å². The van der Waals surface area contributed by atoms with Crippen molar-refractivity contribution in [3.8, 4) is 0 Å². The summed E-state index contributed by atoms with van der Waals surface area (Å²) in [5.74, 6) is 0. The summed E-state index contributed by atoms with van der Waals surface area (Å²) in [5.41, 5.74) is 1.33. The third-order valence-corrected chi connectivity index (χ3v) is 3.55. The summed E-state index contributed by atoms with van der Waals surface area (Å²) >= 11 is 1.82. The van der Waals surface area contributed by atoms with Gasteiger partial charge in [0.15, 0.2) is 0 Å². The molecule has 0 spiro atoms. The molecular weight excluding hydrogens is 188 g/mol. The van der Waals surface area contributed by atoms with Gasteiger partial charge in [0.2, 0.25) is 0 Å². The van der Waals surface area contributed by atoms with Crippen LogP contribution >= 0.6 is 11.3 Å². The summed E-state index contributed by atoms with van der Waals surface area (Å²) in [4.78, 5) is 0. The van der Waals surface area contributed by atoms with Gasteiger partial charge in [0.25, 0.3) is 0 Å². The summed E-state index contributed by atoms with van der Waals surface area (Å²) in [6.07, 6.45) is 0. The fraction of sp³-hybridized carbons (Fsp3) is 0.0769. The van der Waals surface area contributed by atoms with Gasteiger partial charge in [-0.3, -0.25) is 0 Å². The van der Waals surface area contributed by atoms with E-state index in [1.54, 1.807) is 0 Å². The number of rotatable bonds is 0. The first-order valence-corrected chi connectivity index (χ1v) is 5.59. The zero-order valence-corrected chi connectivity index (χ0v) is 8.77. The minimum absolute atomic E-state index is 1.33. The molecule has 3 rings (SSSR count). The van der Waals surface area contributed by atoms with Crippen LogP contribution in [0.15, 0.2) is 41.8 Å². The maximum Gasteiger partial charge on any atom is 0.0421 e. The highest BCUT2D eigenvalue weighted by Gasteiger charge is 2.00. The highest BCUT2D eigenvalue weighted by atomic mass is 32.1. The topological polar surface area (TPSA) is 0 Å². The van der Waals surface area contributed by atoms with E-state index in [0.717, 1.165) is 0 Å². The first-order valence-electron chi connectivity index (χ1n) is 4.71. The van der Waals surface area contributed by atoms with Gasteiger partial charge in [-0.05, 0) is 34.5 Å². The van der Waals surface area contributed by atoms with Crippen molar-refractivity contribution in [2.45, 2.75) is 6.92 Å². The fourth-order valence-electron chi connectivity index (χ4n) is 1.88. The zero-order chi connectivity index (χ0) is 9.54. The van der Waals surface area contributed by atoms with Crippen LogP contribution < -0.4 is 0 Å². The third kappa shape index (κ3) is 1.06. The van der Waals surface area contributed by atoms with Gasteiger partial charge in [0, 0.05) is 4.70 Å². The van der Waals surface area contributed by atoms with Gasteiger partial charge in [-0.25, -0.2) is 0 Å². The minimum atomic E-state index is 1.33. The largest absolute Gasteiger partial charge is 0.143 e. The molecule has 0 aliphatic rings. The van der Waals surface area contributed by atoms with Crippen LogP contribution in [0.1, 0.15) is 5.56 Å². The average Bonchev–Trinajstić information content (AvgIpc) is 2.65. The third-order valence-electron chi connectivity index (χ3n) is 2.59. The molecule has 1 heteroatoms. The molecule has 0 saturated heterocycles. The lowest BCUT2D eigenvalue weighted by atomic mass is 10.1. The lowest BCUT2D eigenvalue weighted by Crippen LogP contribution is -1.75. The molecule has 0 N–H and O–H groups in total. The average molecular weight is 198 g/mol. The molecule has 1 aromatic heterocycles. The number of benzene rings is 2. The van der Waals surface area contributed by atoms with Crippen molar-refractivity contribution >= 4 is 32.2 Å². The smallest absolute Gasteiger partial charge is 0.0421 e. The number of hydrogen-bond donors (Lipinski definition) is 0. The molecule has 0 aliphatic carbocycles. The zero-order valence-electron chi connectivity index (χ0n) is 7.95. The summed E-state index contributed by atoms with van der Waals surface area (Å²) in [7, 11) is 0. The number of aryl methyl sites for hydroxylation is 1. The molecule has 0 saturated carbocycles. The predicted octanol–water partition coefficient (Wildman–Crippen LogP) is 4.36. The Kier molecular flexibility index (Phi) is 1.62. The molecule has 0 amide bonds. The van der Waals surface area contributed by atoms with Crippen LogP contribution in [-0.2, 0) is 0 Å². The Hall–Kier alpha value is -1.34. The van der Waals surface area contributed by atoms with Crippen LogP contribution in [0, 0.1) is 6.92 Å². The van der Waals surface area contributed by atoms with E-state index in [2.05, 4.69) is 48.7 Å². The van der Waals surface area contributed by atoms with Crippen LogP contribution in [0.2, 0.25) is 0 Å². The Balaban J connectivity index is 2.57. The maximum atomic E-state index is 2.24. The van der Waals surface area contributed by atoms with Crippen molar-refractivity contribution in [1.29, 1.82) is 0 Å². The molecule has 0 bridgehead atoms. The van der Waals surface area contributed by atoms with Gasteiger partial charge in [-0.2, -0.15) is 0 Å². The number of hydrogen-bond acceptors (Lipinski definition) is 1. The second kappa shape index (κ2) is 2.82. The Labute approximate surface area is 86.8 Å². The van der Waals surface area contributed by atoms with Crippen LogP contribution in [0.3, 0.4) is 0 Å². The van der Waals surface area contributed by atoms with Gasteiger partial charge >= 0.3 is 0 Å². The molecule has 68 valence electrons. The molecule has 0 nitrogen and oxygen atoms in total. The quantitative estimate of drug-likeness (QED) is 0.503. The lowest BCUT2D eigenvalue weighted by molar-refractivity contribution is 1.51. The molecule has 14 heavy (non-hydrogen) atoms. The minimum Gasteiger partial charge on any atom is -0.143 e. The Morgan fingerprint density at radius 3 is 2.71 bits per heavy atom. The molecule has 1 heterocycles. The first kappa shape index (κ1) is 8.01. The summed E-state index contributed by atoms with van der Waals surface area (Å²) < 4.78 is 1.41. The van der Waals surface area contributed by atoms with Gasteiger partial charge < -0.3 is 0 Å². The van der Waals surface area contributed by atoms with E-state index in [-0.39, 0.29) is 0 Å². The summed E-state index contributed by atoms with van der Waals surface area (Å²) in [6.45, 7) is 2.14. The molecule has 0 unspecified atom stereocenters. The lowest BCUT2D eigenvalue weighted by Gasteiger charge is -2.00. The summed E-state index contributed by atoms with van der Waals surface area (Å²) in [5, 5.41) is 6.23. The SMILES string of the molecule is Cc1ccc2c(ccc3ccsc32)c1. The van der Waals surface area contributed by atoms with E-state index >= 15 is 0 Å². The van der Waals surface area contributed by atoms with Gasteiger partial charge in [0.1, 0.15) is 0 Å². The van der Waals surface area contributed by atoms with Crippen molar-refractivity contribution in [2.75, 3.05) is 0 Å². The normalized spacial score (nSPS) is 11.2. The van der Waals surface area contributed by atoms with E-state index < -0.39 is 0 Å². The molecule has 0 aliphatic heterocycles. The summed E-state index contributed by atoms with van der Waals surface area (Å²) in [6, 6.07) is 13.2. The maximum absolute atomic E-state index is 2.24. The van der Waals surface area contributed by atoms with Crippen molar-refractivity contribution in [1.82, 2.24) is 0 Å². The van der Waals surface area contributed by atoms with Crippen molar-refractivity contribution in [3.63, 3.8) is 0 Å². The van der Waals surface area contributed by atoms with Crippen LogP contribution in [0.4, 0.5) is 0 Å². The van der Waals surface area contributed by atoms with Crippen molar-refractivity contribution < 1.29 is 0 Å². The van der Waals surface area contributed by atoms with E-state index in [0.29, 0.717) is 0 Å². The highest BCUT2D eigenvalue weighted by molar-refractivity contribution is 7.18. The highest BCUT2D eigenvalue weighted by Crippen LogP contribution is 2.29. The van der Waals surface area contributed by atoms with Gasteiger partial charge in [-0.15, -0.1) is 11.3 Å². The Morgan fingerprint density at radius 1 is 0.929 bits per heavy atom. The fourth-order valence-corrected chi connectivity index (χ4v) is 2.81. The molecule has 0 radical (unpaired) electrons. The molecule has 2 aromatic carbocycles. The predicted molar refractivity (Wildman–Crippen MR) is 64.1 cm³/mol. The Morgan fingerprint density at radius 2 is 1.79 bits per heavy atom. The number of fused-ring (bicyclic) bond motifs is 3. The number of thiophene rings is 1. The van der Waals surface area contributed by atoms with E-state index in [4.69, 9.17) is 0 Å². The molecule has 3 aromatic rings. The van der Waals surface area contributed by atoms with E-state index in [9.17, 15) is 0 Å². The molecular formula is C13H10S. The first-order chi connectivity index (χ1) is 6.84. The standard InChI is InChI=1S/C13H10S/c1-9-2-5-12-11(8-9)4-3-10-6-7-14-13(10)12/h2-8H,1H3. The van der Waals surface area contributed by atoms with Crippen molar-refractivity contribution in [3.05, 3.63) is 47.3 Å². The van der Waals surface area contributed by atoms with Crippen LogP contribution in [0.25, 0.3) is 20.9 Å². The van der Waals surface area contributed by atoms with Crippen molar-refractivity contribution in [2.24, 2.45) is 0 Å². The van der Waals surface area contributed by atoms with E-state index in [1.165, 1.54) is 26.4 Å². The Bertz CT molecular complexity index is 605. The molecule has 0 atom stereocenters. The second-order valence-electron chi connectivity index (χ2n) is 3.63. The van der Waals surface area contributed by atoms with Crippen LogP contribution in [-0.4, -0.2) is 0 Å². The monoisotopic (exact) mass is 198 g/mol. The van der Waals surface area contributed by atoms with E-state index in [1.807, 2.05) is 11.3 Å². The van der Waals surface area contributed by atoms with Gasteiger partial charge in [-0.1, -0.05) is 35.9 Å². The van der Waals surface area contributed by atoms with Crippen LogP contribution in [0.5, 0.6) is 0 Å². The molecule has 0 fully saturated rings. The second-order valence-corrected chi connectivity index (χ2v) is 4.55.